The minimum absolute atomic E-state index is 0.101. The van der Waals surface area contributed by atoms with Crippen LogP contribution in [-0.4, -0.2) is 59.7 Å². The van der Waals surface area contributed by atoms with Gasteiger partial charge in [0.25, 0.3) is 5.91 Å². The molecule has 2 aromatic rings. The van der Waals surface area contributed by atoms with Crippen molar-refractivity contribution in [3.63, 3.8) is 0 Å². The van der Waals surface area contributed by atoms with E-state index in [0.717, 1.165) is 0 Å². The number of nitriles is 1. The highest BCUT2D eigenvalue weighted by Crippen LogP contribution is 2.33. The standard InChI is InChI=1S/C21H22FN5O3/c1-29-21(4-6-26(7-5-21)18-3-2-17(22)13-25-18)20(28)27-8-9-30-19-15(10-23)11-24-12-16(19)14-27/h2-3,11-13H,4-9,14H2,1H3. The van der Waals surface area contributed by atoms with E-state index in [-0.39, 0.29) is 11.7 Å². The molecule has 4 rings (SSSR count). The van der Waals surface area contributed by atoms with Gasteiger partial charge < -0.3 is 19.3 Å². The summed E-state index contributed by atoms with van der Waals surface area (Å²) in [5.74, 6) is 0.692. The van der Waals surface area contributed by atoms with Gasteiger partial charge in [-0.2, -0.15) is 5.26 Å². The molecule has 1 saturated heterocycles. The number of hydrogen-bond donors (Lipinski definition) is 0. The van der Waals surface area contributed by atoms with Crippen molar-refractivity contribution in [1.29, 1.82) is 5.26 Å². The van der Waals surface area contributed by atoms with Crippen molar-refractivity contribution >= 4 is 11.7 Å². The van der Waals surface area contributed by atoms with Crippen molar-refractivity contribution in [2.24, 2.45) is 0 Å². The highest BCUT2D eigenvalue weighted by molar-refractivity contribution is 5.86. The molecule has 2 aliphatic heterocycles. The Balaban J connectivity index is 1.50. The zero-order valence-corrected chi connectivity index (χ0v) is 16.7. The number of anilines is 1. The maximum Gasteiger partial charge on any atom is 0.255 e. The topological polar surface area (TPSA) is 91.6 Å². The first-order chi connectivity index (χ1) is 14.6. The molecule has 2 aliphatic rings. The maximum atomic E-state index is 13.5. The van der Waals surface area contributed by atoms with Crippen molar-refractivity contribution in [3.8, 4) is 11.8 Å². The summed E-state index contributed by atoms with van der Waals surface area (Å²) in [4.78, 5) is 25.4. The number of carbonyl (C=O) groups is 1. The van der Waals surface area contributed by atoms with E-state index in [4.69, 9.17) is 9.47 Å². The number of rotatable bonds is 3. The van der Waals surface area contributed by atoms with Crippen LogP contribution >= 0.6 is 0 Å². The third kappa shape index (κ3) is 3.66. The SMILES string of the molecule is COC1(C(=O)N2CCOc3c(C#N)cncc3C2)CCN(c2ccc(F)cn2)CC1. The molecule has 0 N–H and O–H groups in total. The number of piperidine rings is 1. The van der Waals surface area contributed by atoms with Gasteiger partial charge in [-0.25, -0.2) is 9.37 Å². The molecule has 0 bridgehead atoms. The highest BCUT2D eigenvalue weighted by atomic mass is 19.1. The first-order valence-electron chi connectivity index (χ1n) is 9.77. The van der Waals surface area contributed by atoms with E-state index >= 15 is 0 Å². The number of pyridine rings is 2. The molecule has 0 aromatic carbocycles. The second-order valence-electron chi connectivity index (χ2n) is 7.38. The molecule has 30 heavy (non-hydrogen) atoms. The Morgan fingerprint density at radius 2 is 2.07 bits per heavy atom. The molecule has 0 saturated carbocycles. The van der Waals surface area contributed by atoms with Gasteiger partial charge in [-0.05, 0) is 12.1 Å². The molecule has 2 aromatic heterocycles. The smallest absolute Gasteiger partial charge is 0.255 e. The summed E-state index contributed by atoms with van der Waals surface area (Å²) in [6.07, 6.45) is 5.26. The lowest BCUT2D eigenvalue weighted by atomic mass is 9.89. The second-order valence-corrected chi connectivity index (χ2v) is 7.38. The average molecular weight is 411 g/mol. The number of carbonyl (C=O) groups excluding carboxylic acids is 1. The molecule has 9 heteroatoms. The van der Waals surface area contributed by atoms with Crippen LogP contribution < -0.4 is 9.64 Å². The van der Waals surface area contributed by atoms with E-state index in [1.165, 1.54) is 18.5 Å². The Labute approximate surface area is 173 Å². The van der Waals surface area contributed by atoms with Crippen molar-refractivity contribution in [2.45, 2.75) is 25.0 Å². The van der Waals surface area contributed by atoms with Crippen LogP contribution in [0.25, 0.3) is 0 Å². The largest absolute Gasteiger partial charge is 0.490 e. The number of nitrogens with zero attached hydrogens (tertiary/aromatic N) is 5. The van der Waals surface area contributed by atoms with Gasteiger partial charge in [0.05, 0.1) is 19.3 Å². The normalized spacial score (nSPS) is 18.0. The minimum Gasteiger partial charge on any atom is -0.490 e. The van der Waals surface area contributed by atoms with Crippen molar-refractivity contribution in [1.82, 2.24) is 14.9 Å². The van der Waals surface area contributed by atoms with Crippen LogP contribution in [-0.2, 0) is 16.1 Å². The van der Waals surface area contributed by atoms with Gasteiger partial charge in [-0.15, -0.1) is 0 Å². The summed E-state index contributed by atoms with van der Waals surface area (Å²) in [6.45, 7) is 2.14. The number of fused-ring (bicyclic) bond motifs is 1. The molecular formula is C21H22FN5O3. The van der Waals surface area contributed by atoms with E-state index < -0.39 is 5.60 Å². The lowest BCUT2D eigenvalue weighted by Crippen LogP contribution is -2.56. The summed E-state index contributed by atoms with van der Waals surface area (Å²) in [6, 6.07) is 5.10. The van der Waals surface area contributed by atoms with Crippen LogP contribution in [0.5, 0.6) is 5.75 Å². The van der Waals surface area contributed by atoms with Crippen LogP contribution in [0.4, 0.5) is 10.2 Å². The molecule has 0 atom stereocenters. The Morgan fingerprint density at radius 3 is 2.73 bits per heavy atom. The minimum atomic E-state index is -0.943. The Morgan fingerprint density at radius 1 is 1.27 bits per heavy atom. The number of hydrogen-bond acceptors (Lipinski definition) is 7. The van der Waals surface area contributed by atoms with E-state index in [2.05, 4.69) is 16.0 Å². The van der Waals surface area contributed by atoms with E-state index in [9.17, 15) is 14.4 Å². The van der Waals surface area contributed by atoms with Crippen LogP contribution in [0.2, 0.25) is 0 Å². The third-order valence-corrected chi connectivity index (χ3v) is 5.73. The summed E-state index contributed by atoms with van der Waals surface area (Å²) >= 11 is 0. The highest BCUT2D eigenvalue weighted by Gasteiger charge is 2.44. The number of amides is 1. The first-order valence-corrected chi connectivity index (χ1v) is 9.77. The second kappa shape index (κ2) is 8.24. The molecular weight excluding hydrogens is 389 g/mol. The van der Waals surface area contributed by atoms with E-state index in [1.807, 2.05) is 4.90 Å². The molecule has 156 valence electrons. The molecule has 0 radical (unpaired) electrons. The number of aromatic nitrogens is 2. The molecule has 1 fully saturated rings. The maximum absolute atomic E-state index is 13.5. The predicted molar refractivity (Wildman–Crippen MR) is 105 cm³/mol. The lowest BCUT2D eigenvalue weighted by molar-refractivity contribution is -0.158. The van der Waals surface area contributed by atoms with Gasteiger partial charge in [0.1, 0.15) is 41.2 Å². The molecule has 1 amide bonds. The summed E-state index contributed by atoms with van der Waals surface area (Å²) in [5.41, 5.74) is 0.129. The monoisotopic (exact) mass is 411 g/mol. The Hall–Kier alpha value is -3.25. The fourth-order valence-electron chi connectivity index (χ4n) is 4.02. The van der Waals surface area contributed by atoms with Gasteiger partial charge in [0, 0.05) is 51.0 Å². The average Bonchev–Trinajstić information content (AvgIpc) is 3.01. The number of halogens is 1. The Bertz CT molecular complexity index is 968. The van der Waals surface area contributed by atoms with Crippen LogP contribution in [0.15, 0.2) is 30.7 Å². The molecule has 0 unspecified atom stereocenters. The molecule has 0 spiro atoms. The lowest BCUT2D eigenvalue weighted by Gasteiger charge is -2.42. The van der Waals surface area contributed by atoms with Gasteiger partial charge in [-0.1, -0.05) is 0 Å². The first kappa shape index (κ1) is 20.0. The van der Waals surface area contributed by atoms with Crippen molar-refractivity contribution < 1.29 is 18.7 Å². The summed E-state index contributed by atoms with van der Waals surface area (Å²) in [7, 11) is 1.56. The molecule has 0 aliphatic carbocycles. The summed E-state index contributed by atoms with van der Waals surface area (Å²) in [5, 5.41) is 9.28. The fraction of sp³-hybridized carbons (Fsp3) is 0.429. The number of ether oxygens (including phenoxy) is 2. The number of methoxy groups -OCH3 is 1. The van der Waals surface area contributed by atoms with Crippen LogP contribution in [0, 0.1) is 17.1 Å². The zero-order chi connectivity index (χ0) is 21.1. The summed E-state index contributed by atoms with van der Waals surface area (Å²) < 4.78 is 24.7. The van der Waals surface area contributed by atoms with Crippen LogP contribution in [0.1, 0.15) is 24.0 Å². The van der Waals surface area contributed by atoms with Crippen LogP contribution in [0.3, 0.4) is 0 Å². The van der Waals surface area contributed by atoms with E-state index in [1.54, 1.807) is 24.3 Å². The van der Waals surface area contributed by atoms with Gasteiger partial charge in [-0.3, -0.25) is 9.78 Å². The quantitative estimate of drug-likeness (QED) is 0.762. The van der Waals surface area contributed by atoms with Crippen molar-refractivity contribution in [2.75, 3.05) is 38.3 Å². The third-order valence-electron chi connectivity index (χ3n) is 5.73. The van der Waals surface area contributed by atoms with Gasteiger partial charge >= 0.3 is 0 Å². The molecule has 8 nitrogen and oxygen atoms in total. The molecule has 4 heterocycles. The predicted octanol–water partition coefficient (Wildman–Crippen LogP) is 1.89. The van der Waals surface area contributed by atoms with Gasteiger partial charge in [0.15, 0.2) is 0 Å². The Kier molecular flexibility index (Phi) is 5.50. The zero-order valence-electron chi connectivity index (χ0n) is 16.7. The fourth-order valence-corrected chi connectivity index (χ4v) is 4.02. The van der Waals surface area contributed by atoms with E-state index in [0.29, 0.717) is 68.3 Å². The van der Waals surface area contributed by atoms with Crippen molar-refractivity contribution in [3.05, 3.63) is 47.7 Å². The van der Waals surface area contributed by atoms with Gasteiger partial charge in [0.2, 0.25) is 0 Å².